The van der Waals surface area contributed by atoms with Gasteiger partial charge >= 0.3 is 20.8 Å². The van der Waals surface area contributed by atoms with Gasteiger partial charge in [0.2, 0.25) is 0 Å². The lowest BCUT2D eigenvalue weighted by Gasteiger charge is -2.44. The molecule has 1 aliphatic heterocycles. The quantitative estimate of drug-likeness (QED) is 0.307. The van der Waals surface area contributed by atoms with E-state index in [0.717, 1.165) is 0 Å². The third-order valence-electron chi connectivity index (χ3n) is 4.77. The number of benzene rings is 1. The largest absolute Gasteiger partial charge is 0.397 e. The molecule has 1 aliphatic rings. The summed E-state index contributed by atoms with van der Waals surface area (Å²) < 4.78 is 91.0. The Bertz CT molecular complexity index is 1170. The van der Waals surface area contributed by atoms with Crippen LogP contribution in [0.25, 0.3) is 11.3 Å². The molecule has 34 heavy (non-hydrogen) atoms. The van der Waals surface area contributed by atoms with Crippen LogP contribution in [0, 0.1) is 0 Å². The van der Waals surface area contributed by atoms with E-state index in [0.29, 0.717) is 11.3 Å². The van der Waals surface area contributed by atoms with E-state index in [1.165, 1.54) is 24.1 Å². The molecule has 1 aromatic heterocycles. The Balaban J connectivity index is 2.06. The van der Waals surface area contributed by atoms with Crippen molar-refractivity contribution < 1.29 is 48.5 Å². The topological polar surface area (TPSA) is 186 Å². The second kappa shape index (κ2) is 11.0. The average Bonchev–Trinajstić information content (AvgIpc) is 3.25. The number of aromatic nitrogens is 3. The SMILES string of the molecule is C=CCO[C@@H]1O[C@H](COS(=O)(=O)O)[C@@H](OS(=O)(=O)O)[C@H](n2cc(-c3ccccc3)nn2)[C@H]1OC. The van der Waals surface area contributed by atoms with Crippen molar-refractivity contribution in [3.05, 3.63) is 49.2 Å². The Hall–Kier alpha value is -2.28. The Morgan fingerprint density at radius 2 is 1.85 bits per heavy atom. The van der Waals surface area contributed by atoms with Gasteiger partial charge in [0.15, 0.2) is 6.29 Å². The Morgan fingerprint density at radius 3 is 2.44 bits per heavy atom. The van der Waals surface area contributed by atoms with E-state index in [-0.39, 0.29) is 6.61 Å². The zero-order chi connectivity index (χ0) is 24.9. The van der Waals surface area contributed by atoms with Crippen molar-refractivity contribution in [2.24, 2.45) is 0 Å². The van der Waals surface area contributed by atoms with Crippen LogP contribution in [-0.4, -0.2) is 85.9 Å². The highest BCUT2D eigenvalue weighted by Gasteiger charge is 2.51. The van der Waals surface area contributed by atoms with Crippen LogP contribution in [-0.2, 0) is 43.4 Å². The fraction of sp³-hybridized carbons (Fsp3) is 0.444. The molecule has 5 atom stereocenters. The minimum absolute atomic E-state index is 0.0143. The van der Waals surface area contributed by atoms with Gasteiger partial charge in [0.25, 0.3) is 0 Å². The smallest absolute Gasteiger partial charge is 0.374 e. The summed E-state index contributed by atoms with van der Waals surface area (Å²) >= 11 is 0. The van der Waals surface area contributed by atoms with Crippen LogP contribution in [0.2, 0.25) is 0 Å². The third kappa shape index (κ3) is 6.87. The number of nitrogens with zero attached hydrogens (tertiary/aromatic N) is 3. The molecule has 14 nitrogen and oxygen atoms in total. The zero-order valence-electron chi connectivity index (χ0n) is 17.8. The van der Waals surface area contributed by atoms with Crippen molar-refractivity contribution >= 4 is 20.8 Å². The van der Waals surface area contributed by atoms with Crippen LogP contribution < -0.4 is 0 Å². The molecule has 0 radical (unpaired) electrons. The average molecular weight is 522 g/mol. The molecular weight excluding hydrogens is 498 g/mol. The highest BCUT2D eigenvalue weighted by atomic mass is 32.3. The summed E-state index contributed by atoms with van der Waals surface area (Å²) in [7, 11) is -8.72. The monoisotopic (exact) mass is 521 g/mol. The van der Waals surface area contributed by atoms with E-state index >= 15 is 0 Å². The third-order valence-corrected chi connectivity index (χ3v) is 5.67. The number of hydrogen-bond donors (Lipinski definition) is 2. The van der Waals surface area contributed by atoms with Crippen LogP contribution in [0.15, 0.2) is 49.2 Å². The highest BCUT2D eigenvalue weighted by Crippen LogP contribution is 2.36. The fourth-order valence-corrected chi connectivity index (χ4v) is 4.28. The van der Waals surface area contributed by atoms with Gasteiger partial charge in [-0.05, 0) is 0 Å². The lowest BCUT2D eigenvalue weighted by Crippen LogP contribution is -2.58. The van der Waals surface area contributed by atoms with Crippen molar-refractivity contribution in [1.82, 2.24) is 15.0 Å². The molecule has 0 amide bonds. The lowest BCUT2D eigenvalue weighted by atomic mass is 9.96. The normalized spacial score (nSPS) is 25.8. The summed E-state index contributed by atoms with van der Waals surface area (Å²) in [6.07, 6.45) is -2.55. The van der Waals surface area contributed by atoms with Crippen molar-refractivity contribution in [2.75, 3.05) is 20.3 Å². The number of ether oxygens (including phenoxy) is 3. The maximum absolute atomic E-state index is 11.6. The molecular formula is C18H23N3O11S2. The van der Waals surface area contributed by atoms with Crippen LogP contribution in [0.1, 0.15) is 6.04 Å². The molecule has 3 rings (SSSR count). The predicted octanol–water partition coefficient (Wildman–Crippen LogP) is 0.436. The molecule has 2 heterocycles. The van der Waals surface area contributed by atoms with Crippen LogP contribution in [0.4, 0.5) is 0 Å². The van der Waals surface area contributed by atoms with Gasteiger partial charge in [-0.15, -0.1) is 11.7 Å². The van der Waals surface area contributed by atoms with Crippen molar-refractivity contribution in [3.8, 4) is 11.3 Å². The van der Waals surface area contributed by atoms with Gasteiger partial charge < -0.3 is 14.2 Å². The van der Waals surface area contributed by atoms with E-state index < -0.39 is 58.0 Å². The molecule has 0 aliphatic carbocycles. The van der Waals surface area contributed by atoms with E-state index in [9.17, 15) is 21.4 Å². The summed E-state index contributed by atoms with van der Waals surface area (Å²) in [5.41, 5.74) is 1.12. The molecule has 1 fully saturated rings. The number of rotatable bonds is 11. The van der Waals surface area contributed by atoms with E-state index in [1.54, 1.807) is 24.3 Å². The standard InChI is InChI=1S/C18H23N3O11S2/c1-3-9-29-18-17(28-2)15(21-10-13(19-20-21)12-7-5-4-6-8-12)16(32-34(25,26)27)14(31-18)11-30-33(22,23)24/h3-8,10,14-18H,1,9,11H2,2H3,(H,22,23,24)(H,25,26,27)/t14-,15+,16-,17-,18-/m1/s1. The predicted molar refractivity (Wildman–Crippen MR) is 114 cm³/mol. The second-order valence-electron chi connectivity index (χ2n) is 7.01. The van der Waals surface area contributed by atoms with Gasteiger partial charge in [-0.25, -0.2) is 13.0 Å². The summed E-state index contributed by atoms with van der Waals surface area (Å²) in [5.74, 6) is 0. The minimum atomic E-state index is -5.08. The second-order valence-corrected chi connectivity index (χ2v) is 9.15. The van der Waals surface area contributed by atoms with Crippen LogP contribution in [0.3, 0.4) is 0 Å². The molecule has 16 heteroatoms. The molecule has 188 valence electrons. The first-order chi connectivity index (χ1) is 16.0. The fourth-order valence-electron chi connectivity index (χ4n) is 3.45. The molecule has 0 unspecified atom stereocenters. The number of methoxy groups -OCH3 is 1. The molecule has 0 saturated carbocycles. The first-order valence-corrected chi connectivity index (χ1v) is 12.4. The van der Waals surface area contributed by atoms with Gasteiger partial charge in [-0.1, -0.05) is 41.6 Å². The first kappa shape index (κ1) is 26.3. The Morgan fingerprint density at radius 1 is 1.15 bits per heavy atom. The van der Waals surface area contributed by atoms with Gasteiger partial charge in [0.05, 0.1) is 19.4 Å². The van der Waals surface area contributed by atoms with Gasteiger partial charge in [-0.2, -0.15) is 16.8 Å². The zero-order valence-corrected chi connectivity index (χ0v) is 19.4. The van der Waals surface area contributed by atoms with E-state index in [2.05, 4.69) is 21.1 Å². The molecule has 0 spiro atoms. The summed E-state index contributed by atoms with van der Waals surface area (Å²) in [4.78, 5) is 0. The van der Waals surface area contributed by atoms with Crippen molar-refractivity contribution in [3.63, 3.8) is 0 Å². The van der Waals surface area contributed by atoms with Gasteiger partial charge in [-0.3, -0.25) is 9.11 Å². The summed E-state index contributed by atoms with van der Waals surface area (Å²) in [6, 6.07) is 7.74. The molecule has 2 aromatic rings. The van der Waals surface area contributed by atoms with Gasteiger partial charge in [0, 0.05) is 12.7 Å². The van der Waals surface area contributed by atoms with Crippen LogP contribution >= 0.6 is 0 Å². The minimum Gasteiger partial charge on any atom is -0.374 e. The molecule has 1 aromatic carbocycles. The van der Waals surface area contributed by atoms with Crippen molar-refractivity contribution in [1.29, 1.82) is 0 Å². The summed E-state index contributed by atoms with van der Waals surface area (Å²) in [5, 5.41) is 8.13. The maximum atomic E-state index is 11.6. The molecule has 2 N–H and O–H groups in total. The van der Waals surface area contributed by atoms with E-state index in [4.69, 9.17) is 22.9 Å². The molecule has 1 saturated heterocycles. The van der Waals surface area contributed by atoms with Gasteiger partial charge in [0.1, 0.15) is 30.0 Å². The molecule has 0 bridgehead atoms. The highest BCUT2D eigenvalue weighted by molar-refractivity contribution is 7.81. The first-order valence-electron chi connectivity index (χ1n) is 9.68. The Labute approximate surface area is 195 Å². The van der Waals surface area contributed by atoms with Crippen LogP contribution in [0.5, 0.6) is 0 Å². The Kier molecular flexibility index (Phi) is 8.50. The summed E-state index contributed by atoms with van der Waals surface area (Å²) in [6.45, 7) is 2.64. The maximum Gasteiger partial charge on any atom is 0.397 e. The lowest BCUT2D eigenvalue weighted by molar-refractivity contribution is -0.284. The number of hydrogen-bond acceptors (Lipinski definition) is 11. The van der Waals surface area contributed by atoms with Crippen molar-refractivity contribution in [2.45, 2.75) is 30.6 Å². The van der Waals surface area contributed by atoms with E-state index in [1.807, 2.05) is 6.07 Å².